The number of aromatic nitrogens is 3. The molecule has 0 unspecified atom stereocenters. The highest BCUT2D eigenvalue weighted by Gasteiger charge is 2.24. The number of fused-ring (bicyclic) bond motifs is 2. The lowest BCUT2D eigenvalue weighted by atomic mass is 9.96. The molecular formula is C35H33N5O8. The van der Waals surface area contributed by atoms with Crippen molar-refractivity contribution >= 4 is 17.0 Å². The van der Waals surface area contributed by atoms with Gasteiger partial charge in [0.2, 0.25) is 0 Å². The molecule has 0 bridgehead atoms. The third kappa shape index (κ3) is 7.00. The Bertz CT molecular complexity index is 1970. The highest BCUT2D eigenvalue weighted by Crippen LogP contribution is 2.38. The first-order valence-electron chi connectivity index (χ1n) is 15.4. The molecule has 1 aliphatic heterocycles. The number of hydrogen-bond acceptors (Lipinski definition) is 13. The number of benzene rings is 3. The fourth-order valence-electron chi connectivity index (χ4n) is 5.34. The number of nitrogens with zero attached hydrogens (tertiary/aromatic N) is 4. The minimum absolute atomic E-state index is 0.0564. The van der Waals surface area contributed by atoms with Gasteiger partial charge < -0.3 is 28.8 Å². The van der Waals surface area contributed by atoms with E-state index >= 15 is 0 Å². The lowest BCUT2D eigenvalue weighted by Gasteiger charge is -2.20. The molecule has 13 nitrogen and oxygen atoms in total. The van der Waals surface area contributed by atoms with E-state index in [1.165, 1.54) is 6.20 Å². The molecule has 2 N–H and O–H groups in total. The smallest absolute Gasteiger partial charge is 0.325 e. The number of esters is 1. The van der Waals surface area contributed by atoms with E-state index in [-0.39, 0.29) is 32.1 Å². The fraction of sp³-hybridized carbons (Fsp3) is 0.286. The zero-order valence-corrected chi connectivity index (χ0v) is 26.4. The van der Waals surface area contributed by atoms with Crippen molar-refractivity contribution in [3.63, 3.8) is 0 Å². The second-order valence-electron chi connectivity index (χ2n) is 10.9. The van der Waals surface area contributed by atoms with Crippen molar-refractivity contribution in [3.8, 4) is 40.2 Å². The highest BCUT2D eigenvalue weighted by molar-refractivity contribution is 5.86. The van der Waals surface area contributed by atoms with Crippen LogP contribution in [0.4, 0.5) is 0 Å². The summed E-state index contributed by atoms with van der Waals surface area (Å²) in [4.78, 5) is 16.4. The number of carbonyl (C=O) groups excluding carboxylic acids is 1. The van der Waals surface area contributed by atoms with Crippen molar-refractivity contribution in [3.05, 3.63) is 88.7 Å². The van der Waals surface area contributed by atoms with Crippen LogP contribution in [-0.4, -0.2) is 58.8 Å². The van der Waals surface area contributed by atoms with Gasteiger partial charge in [0.05, 0.1) is 13.2 Å². The Hall–Kier alpha value is -5.71. The average molecular weight is 652 g/mol. The van der Waals surface area contributed by atoms with Gasteiger partial charge in [0.15, 0.2) is 22.8 Å². The van der Waals surface area contributed by atoms with Gasteiger partial charge in [-0.1, -0.05) is 24.3 Å². The summed E-state index contributed by atoms with van der Waals surface area (Å²) < 4.78 is 34.3. The molecule has 5 aromatic rings. The lowest BCUT2D eigenvalue weighted by Crippen LogP contribution is -2.40. The summed E-state index contributed by atoms with van der Waals surface area (Å²) >= 11 is 0. The van der Waals surface area contributed by atoms with Gasteiger partial charge in [-0.3, -0.25) is 10.1 Å². The van der Waals surface area contributed by atoms with Crippen LogP contribution in [0.3, 0.4) is 0 Å². The Morgan fingerprint density at radius 1 is 1.02 bits per heavy atom. The Morgan fingerprint density at radius 3 is 2.65 bits per heavy atom. The topological polar surface area (TPSA) is 171 Å². The molecule has 13 heteroatoms. The van der Waals surface area contributed by atoms with Crippen molar-refractivity contribution in [2.75, 3.05) is 26.4 Å². The van der Waals surface area contributed by atoms with Gasteiger partial charge in [-0.15, -0.1) is 0 Å². The van der Waals surface area contributed by atoms with Crippen molar-refractivity contribution < 1.29 is 38.2 Å². The summed E-state index contributed by atoms with van der Waals surface area (Å²) in [5, 5.41) is 30.4. The van der Waals surface area contributed by atoms with Gasteiger partial charge in [-0.2, -0.15) is 5.26 Å². The Kier molecular flexibility index (Phi) is 9.94. The monoisotopic (exact) mass is 651 g/mol. The summed E-state index contributed by atoms with van der Waals surface area (Å²) in [6, 6.07) is 18.0. The van der Waals surface area contributed by atoms with Crippen LogP contribution in [0.1, 0.15) is 34.9 Å². The van der Waals surface area contributed by atoms with Crippen LogP contribution in [-0.2, 0) is 29.3 Å². The zero-order valence-electron chi connectivity index (χ0n) is 26.4. The first-order chi connectivity index (χ1) is 23.5. The standard InChI is InChI=1S/C35H33N5O8/c1-3-43-35(42)28(18-41)38-17-27-30(46-19-22-9-10-37-25(13-22)16-36)15-32(34-33(27)39-48-40-34)47-20-24-5-4-6-26(21(24)2)23-7-8-29-31(14-23)45-12-11-44-29/h4-10,13-15,28,38,41H,3,11-12,17-20H2,1-2H3/t28-/m1/s1. The maximum atomic E-state index is 12.4. The molecule has 0 amide bonds. The highest BCUT2D eigenvalue weighted by atomic mass is 16.6. The number of hydrogen-bond donors (Lipinski definition) is 2. The van der Waals surface area contributed by atoms with E-state index < -0.39 is 18.6 Å². The minimum atomic E-state index is -0.980. The molecule has 246 valence electrons. The first kappa shape index (κ1) is 32.2. The van der Waals surface area contributed by atoms with E-state index in [1.54, 1.807) is 25.1 Å². The van der Waals surface area contributed by atoms with E-state index in [2.05, 4.69) is 20.6 Å². The maximum absolute atomic E-state index is 12.4. The predicted octanol–water partition coefficient (Wildman–Crippen LogP) is 4.41. The quantitative estimate of drug-likeness (QED) is 0.172. The van der Waals surface area contributed by atoms with Crippen LogP contribution in [0.2, 0.25) is 0 Å². The van der Waals surface area contributed by atoms with Crippen molar-refractivity contribution in [2.45, 2.75) is 39.6 Å². The van der Waals surface area contributed by atoms with Crippen LogP contribution < -0.4 is 24.3 Å². The SMILES string of the molecule is CCOC(=O)[C@@H](CO)NCc1c(OCc2ccnc(C#N)c2)cc(OCc2cccc(-c3ccc4c(c3)OCCO4)c2C)c2nonc12. The molecule has 1 atom stereocenters. The fourth-order valence-corrected chi connectivity index (χ4v) is 5.34. The van der Waals surface area contributed by atoms with E-state index in [9.17, 15) is 15.2 Å². The molecule has 3 aromatic carbocycles. The summed E-state index contributed by atoms with van der Waals surface area (Å²) in [6.45, 7) is 4.81. The number of nitriles is 1. The summed E-state index contributed by atoms with van der Waals surface area (Å²) in [5.74, 6) is 1.59. The lowest BCUT2D eigenvalue weighted by molar-refractivity contribution is -0.146. The van der Waals surface area contributed by atoms with Crippen LogP contribution in [0.5, 0.6) is 23.0 Å². The minimum Gasteiger partial charge on any atom is -0.488 e. The second-order valence-corrected chi connectivity index (χ2v) is 10.9. The number of pyridine rings is 1. The van der Waals surface area contributed by atoms with Gasteiger partial charge in [-0.05, 0) is 76.2 Å². The average Bonchev–Trinajstić information content (AvgIpc) is 3.61. The van der Waals surface area contributed by atoms with Crippen LogP contribution in [0, 0.1) is 18.3 Å². The molecule has 0 saturated heterocycles. The van der Waals surface area contributed by atoms with E-state index in [0.29, 0.717) is 52.6 Å². The summed E-state index contributed by atoms with van der Waals surface area (Å²) in [5.41, 5.74) is 6.20. The van der Waals surface area contributed by atoms with Crippen molar-refractivity contribution in [1.29, 1.82) is 5.26 Å². The molecule has 2 aromatic heterocycles. The Labute approximate surface area is 275 Å². The Morgan fingerprint density at radius 2 is 1.83 bits per heavy atom. The van der Waals surface area contributed by atoms with Crippen molar-refractivity contribution in [2.24, 2.45) is 0 Å². The third-order valence-electron chi connectivity index (χ3n) is 7.86. The van der Waals surface area contributed by atoms with E-state index in [4.69, 9.17) is 28.3 Å². The second kappa shape index (κ2) is 14.8. The molecule has 0 spiro atoms. The molecule has 3 heterocycles. The van der Waals surface area contributed by atoms with Gasteiger partial charge in [0.25, 0.3) is 0 Å². The number of aliphatic hydroxyl groups is 1. The zero-order chi connectivity index (χ0) is 33.5. The molecule has 0 radical (unpaired) electrons. The van der Waals surface area contributed by atoms with Gasteiger partial charge in [0, 0.05) is 24.4 Å². The van der Waals surface area contributed by atoms with E-state index in [1.807, 2.05) is 49.4 Å². The number of carbonyl (C=O) groups is 1. The first-order valence-corrected chi connectivity index (χ1v) is 15.4. The number of aliphatic hydroxyl groups excluding tert-OH is 1. The molecule has 1 aliphatic rings. The van der Waals surface area contributed by atoms with Crippen LogP contribution in [0.15, 0.2) is 65.4 Å². The third-order valence-corrected chi connectivity index (χ3v) is 7.86. The van der Waals surface area contributed by atoms with Gasteiger partial charge >= 0.3 is 5.97 Å². The predicted molar refractivity (Wildman–Crippen MR) is 171 cm³/mol. The molecule has 0 aliphatic carbocycles. The molecular weight excluding hydrogens is 618 g/mol. The Balaban J connectivity index is 1.29. The number of rotatable bonds is 13. The van der Waals surface area contributed by atoms with E-state index in [0.717, 1.165) is 28.0 Å². The van der Waals surface area contributed by atoms with Gasteiger partial charge in [0.1, 0.15) is 55.5 Å². The van der Waals surface area contributed by atoms with Crippen LogP contribution >= 0.6 is 0 Å². The maximum Gasteiger partial charge on any atom is 0.325 e. The molecule has 48 heavy (non-hydrogen) atoms. The van der Waals surface area contributed by atoms with Gasteiger partial charge in [-0.25, -0.2) is 9.61 Å². The summed E-state index contributed by atoms with van der Waals surface area (Å²) in [7, 11) is 0. The normalized spacial score (nSPS) is 12.7. The number of nitrogens with one attached hydrogen (secondary N) is 1. The molecule has 0 saturated carbocycles. The molecule has 0 fully saturated rings. The van der Waals surface area contributed by atoms with Crippen LogP contribution in [0.25, 0.3) is 22.2 Å². The number of ether oxygens (including phenoxy) is 5. The molecule has 6 rings (SSSR count). The van der Waals surface area contributed by atoms with Crippen molar-refractivity contribution in [1.82, 2.24) is 20.6 Å². The summed E-state index contributed by atoms with van der Waals surface area (Å²) in [6.07, 6.45) is 1.53. The largest absolute Gasteiger partial charge is 0.488 e.